The number of benzene rings is 1. The Morgan fingerprint density at radius 1 is 0.812 bits per heavy atom. The predicted molar refractivity (Wildman–Crippen MR) is 57.3 cm³/mol. The number of carbonyl (C=O) groups is 2. The van der Waals surface area contributed by atoms with E-state index in [1.807, 2.05) is 0 Å². The molecule has 1 aromatic carbocycles. The molecule has 0 aromatic heterocycles. The van der Waals surface area contributed by atoms with Crippen LogP contribution in [0.25, 0.3) is 0 Å². The van der Waals surface area contributed by atoms with E-state index in [-0.39, 0.29) is 22.7 Å². The molecule has 4 nitrogen and oxygen atoms in total. The molecular weight excluding hydrogens is 208 g/mol. The Balaban J connectivity index is 2.76. The van der Waals surface area contributed by atoms with E-state index < -0.39 is 0 Å². The molecule has 0 amide bonds. The van der Waals surface area contributed by atoms with E-state index >= 15 is 0 Å². The smallest absolute Gasteiger partial charge is 0.190 e. The number of ketones is 2. The minimum absolute atomic E-state index is 0.245. The zero-order valence-electron chi connectivity index (χ0n) is 8.94. The maximum Gasteiger partial charge on any atom is 0.190 e. The lowest BCUT2D eigenvalue weighted by molar-refractivity contribution is 0.0989. The Morgan fingerprint density at radius 2 is 1.19 bits per heavy atom. The molecule has 1 aliphatic carbocycles. The Labute approximate surface area is 92.5 Å². The second kappa shape index (κ2) is 3.81. The molecule has 0 fully saturated rings. The molecule has 0 radical (unpaired) electrons. The van der Waals surface area contributed by atoms with Gasteiger partial charge in [-0.2, -0.15) is 0 Å². The highest BCUT2D eigenvalue weighted by molar-refractivity contribution is 6.24. The summed E-state index contributed by atoms with van der Waals surface area (Å²) in [6, 6.07) is 3.23. The van der Waals surface area contributed by atoms with Gasteiger partial charge in [0.2, 0.25) is 0 Å². The molecule has 0 heterocycles. The van der Waals surface area contributed by atoms with Crippen molar-refractivity contribution in [2.24, 2.45) is 0 Å². The number of methoxy groups -OCH3 is 2. The summed E-state index contributed by atoms with van der Waals surface area (Å²) in [5.74, 6) is 0.285. The van der Waals surface area contributed by atoms with Gasteiger partial charge in [-0.25, -0.2) is 0 Å². The molecule has 16 heavy (non-hydrogen) atoms. The van der Waals surface area contributed by atoms with Crippen LogP contribution in [-0.4, -0.2) is 25.8 Å². The van der Waals surface area contributed by atoms with Gasteiger partial charge in [0.1, 0.15) is 11.5 Å². The lowest BCUT2D eigenvalue weighted by Gasteiger charge is -2.15. The van der Waals surface area contributed by atoms with Gasteiger partial charge in [0.05, 0.1) is 25.3 Å². The zero-order chi connectivity index (χ0) is 11.7. The SMILES string of the molecule is COc1ccc(OC)c2c1C(=O)C=CC2=O. The largest absolute Gasteiger partial charge is 0.496 e. The van der Waals surface area contributed by atoms with Crippen LogP contribution in [0.4, 0.5) is 0 Å². The fraction of sp³-hybridized carbons (Fsp3) is 0.167. The molecule has 0 bridgehead atoms. The van der Waals surface area contributed by atoms with Crippen LogP contribution in [0.1, 0.15) is 20.7 Å². The molecule has 82 valence electrons. The molecule has 0 N–H and O–H groups in total. The topological polar surface area (TPSA) is 52.6 Å². The van der Waals surface area contributed by atoms with Crippen molar-refractivity contribution in [1.29, 1.82) is 0 Å². The van der Waals surface area contributed by atoms with Crippen molar-refractivity contribution in [2.45, 2.75) is 0 Å². The lowest BCUT2D eigenvalue weighted by atomic mass is 9.93. The van der Waals surface area contributed by atoms with E-state index in [9.17, 15) is 9.59 Å². The summed E-state index contributed by atoms with van der Waals surface area (Å²) in [7, 11) is 2.91. The summed E-state index contributed by atoms with van der Waals surface area (Å²) < 4.78 is 10.1. The van der Waals surface area contributed by atoms with Crippen LogP contribution in [0.5, 0.6) is 11.5 Å². The number of carbonyl (C=O) groups excluding carboxylic acids is 2. The van der Waals surface area contributed by atoms with E-state index in [0.717, 1.165) is 0 Å². The lowest BCUT2D eigenvalue weighted by Crippen LogP contribution is -2.14. The fourth-order valence-corrected chi connectivity index (χ4v) is 1.71. The number of hydrogen-bond donors (Lipinski definition) is 0. The highest BCUT2D eigenvalue weighted by atomic mass is 16.5. The predicted octanol–water partition coefficient (Wildman–Crippen LogP) is 1.64. The summed E-state index contributed by atoms with van der Waals surface area (Å²) >= 11 is 0. The summed E-state index contributed by atoms with van der Waals surface area (Å²) in [6.07, 6.45) is 2.49. The van der Waals surface area contributed by atoms with Crippen molar-refractivity contribution in [3.8, 4) is 11.5 Å². The van der Waals surface area contributed by atoms with Gasteiger partial charge in [-0.15, -0.1) is 0 Å². The van der Waals surface area contributed by atoms with Crippen molar-refractivity contribution >= 4 is 11.6 Å². The van der Waals surface area contributed by atoms with Gasteiger partial charge in [0.15, 0.2) is 11.6 Å². The van der Waals surface area contributed by atoms with E-state index in [0.29, 0.717) is 11.5 Å². The van der Waals surface area contributed by atoms with Crippen molar-refractivity contribution in [2.75, 3.05) is 14.2 Å². The Hall–Kier alpha value is -2.10. The number of allylic oxidation sites excluding steroid dienone is 2. The van der Waals surface area contributed by atoms with E-state index in [2.05, 4.69) is 0 Å². The van der Waals surface area contributed by atoms with Gasteiger partial charge < -0.3 is 9.47 Å². The molecule has 0 aliphatic heterocycles. The minimum Gasteiger partial charge on any atom is -0.496 e. The monoisotopic (exact) mass is 218 g/mol. The summed E-state index contributed by atoms with van der Waals surface area (Å²) in [4.78, 5) is 23.4. The Bertz CT molecular complexity index is 455. The number of ether oxygens (including phenoxy) is 2. The van der Waals surface area contributed by atoms with Crippen LogP contribution in [0.15, 0.2) is 24.3 Å². The zero-order valence-corrected chi connectivity index (χ0v) is 8.94. The second-order valence-electron chi connectivity index (χ2n) is 3.28. The minimum atomic E-state index is -0.245. The first-order valence-electron chi connectivity index (χ1n) is 4.70. The van der Waals surface area contributed by atoms with Crippen LogP contribution >= 0.6 is 0 Å². The first-order chi connectivity index (χ1) is 7.69. The maximum atomic E-state index is 11.7. The van der Waals surface area contributed by atoms with Gasteiger partial charge in [0.25, 0.3) is 0 Å². The average molecular weight is 218 g/mol. The van der Waals surface area contributed by atoms with Gasteiger partial charge in [-0.05, 0) is 24.3 Å². The number of fused-ring (bicyclic) bond motifs is 1. The fourth-order valence-electron chi connectivity index (χ4n) is 1.71. The molecule has 4 heteroatoms. The third kappa shape index (κ3) is 1.39. The Morgan fingerprint density at radius 3 is 1.50 bits per heavy atom. The average Bonchev–Trinajstić information content (AvgIpc) is 2.32. The van der Waals surface area contributed by atoms with Crippen LogP contribution in [-0.2, 0) is 0 Å². The third-order valence-corrected chi connectivity index (χ3v) is 2.45. The van der Waals surface area contributed by atoms with E-state index in [4.69, 9.17) is 9.47 Å². The van der Waals surface area contributed by atoms with E-state index in [1.54, 1.807) is 12.1 Å². The summed E-state index contributed by atoms with van der Waals surface area (Å²) in [6.45, 7) is 0. The van der Waals surface area contributed by atoms with Gasteiger partial charge >= 0.3 is 0 Å². The van der Waals surface area contributed by atoms with Crippen LogP contribution in [0, 0.1) is 0 Å². The second-order valence-corrected chi connectivity index (χ2v) is 3.28. The quantitative estimate of drug-likeness (QED) is 0.757. The van der Waals surface area contributed by atoms with Gasteiger partial charge in [-0.1, -0.05) is 0 Å². The van der Waals surface area contributed by atoms with Crippen molar-refractivity contribution in [3.63, 3.8) is 0 Å². The Kier molecular flexibility index (Phi) is 2.48. The van der Waals surface area contributed by atoms with Gasteiger partial charge in [-0.3, -0.25) is 9.59 Å². The highest BCUT2D eigenvalue weighted by Crippen LogP contribution is 2.33. The van der Waals surface area contributed by atoms with Crippen LogP contribution in [0.2, 0.25) is 0 Å². The van der Waals surface area contributed by atoms with Crippen LogP contribution < -0.4 is 9.47 Å². The molecule has 0 atom stereocenters. The molecule has 0 unspecified atom stereocenters. The number of rotatable bonds is 2. The molecule has 2 rings (SSSR count). The van der Waals surface area contributed by atoms with Crippen LogP contribution in [0.3, 0.4) is 0 Å². The molecular formula is C12H10O4. The molecule has 0 saturated heterocycles. The van der Waals surface area contributed by atoms with Gasteiger partial charge in [0, 0.05) is 0 Å². The van der Waals surface area contributed by atoms with Crippen molar-refractivity contribution in [3.05, 3.63) is 35.4 Å². The highest BCUT2D eigenvalue weighted by Gasteiger charge is 2.26. The van der Waals surface area contributed by atoms with E-state index in [1.165, 1.54) is 26.4 Å². The molecule has 1 aliphatic rings. The molecule has 0 spiro atoms. The summed E-state index contributed by atoms with van der Waals surface area (Å²) in [5.41, 5.74) is 0.545. The standard InChI is InChI=1S/C12H10O4/c1-15-9-5-6-10(16-2)12-8(14)4-3-7(13)11(9)12/h3-6H,1-2H3. The molecule has 1 aromatic rings. The van der Waals surface area contributed by atoms with Crippen molar-refractivity contribution < 1.29 is 19.1 Å². The molecule has 0 saturated carbocycles. The third-order valence-electron chi connectivity index (χ3n) is 2.45. The number of hydrogen-bond acceptors (Lipinski definition) is 4. The first-order valence-corrected chi connectivity index (χ1v) is 4.70. The summed E-state index contributed by atoms with van der Waals surface area (Å²) in [5, 5.41) is 0. The van der Waals surface area contributed by atoms with Crippen molar-refractivity contribution in [1.82, 2.24) is 0 Å². The normalized spacial score (nSPS) is 13.6. The maximum absolute atomic E-state index is 11.7. The first kappa shape index (κ1) is 10.4.